The monoisotopic (exact) mass is 795 g/mol. The van der Waals surface area contributed by atoms with Crippen molar-refractivity contribution in [2.24, 2.45) is 0 Å². The van der Waals surface area contributed by atoms with E-state index in [2.05, 4.69) is 32.7 Å². The lowest BCUT2D eigenvalue weighted by atomic mass is 9.96. The molecule has 2 N–H and O–H groups in total. The van der Waals surface area contributed by atoms with Gasteiger partial charge >= 0.3 is 10.5 Å². The molecule has 2 atom stereocenters. The molecule has 3 rings (SSSR count). The summed E-state index contributed by atoms with van der Waals surface area (Å²) in [5, 5.41) is -5.16. The Bertz CT molecular complexity index is 1240. The first kappa shape index (κ1) is 46.4. The zero-order chi connectivity index (χ0) is 35.9. The smallest absolute Gasteiger partial charge is 0.368 e. The minimum absolute atomic E-state index is 0. The maximum absolute atomic E-state index is 13.1. The van der Waals surface area contributed by atoms with Gasteiger partial charge in [0.1, 0.15) is 18.1 Å². The standard InChI is InChI=1S/2C10H16F3NO4S2.C6H6S.CH4/c2*11-8(10(12,13)20(15,16)17)6-18-9(19)14-7-4-2-1-3-5-7;7-6-4-2-1-3-5-6;/h2*7-8H,1-6H2,(H,14,19)(H,15,16,17);1-5,7H;1H4/p-1. The summed E-state index contributed by atoms with van der Waals surface area (Å²) in [4.78, 5) is 1.13. The van der Waals surface area contributed by atoms with Gasteiger partial charge in [-0.05, 0) is 74.9 Å². The third kappa shape index (κ3) is 16.8. The molecule has 10 nitrogen and oxygen atoms in total. The maximum atomic E-state index is 13.1. The molecule has 0 spiro atoms. The van der Waals surface area contributed by atoms with Crippen LogP contribution < -0.4 is 10.6 Å². The van der Waals surface area contributed by atoms with E-state index in [1.54, 1.807) is 0 Å². The highest BCUT2D eigenvalue weighted by Crippen LogP contribution is 2.28. The second-order valence-electron chi connectivity index (χ2n) is 10.5. The van der Waals surface area contributed by atoms with Crippen LogP contribution in [0.15, 0.2) is 35.2 Å². The van der Waals surface area contributed by atoms with Gasteiger partial charge in [-0.1, -0.05) is 64.2 Å². The summed E-state index contributed by atoms with van der Waals surface area (Å²) < 4.78 is 148. The molecule has 0 saturated heterocycles. The molecule has 2 aliphatic carbocycles. The lowest BCUT2D eigenvalue weighted by molar-refractivity contribution is -0.0251. The lowest BCUT2D eigenvalue weighted by Gasteiger charge is -2.26. The number of benzene rings is 1. The van der Waals surface area contributed by atoms with Gasteiger partial charge in [0.15, 0.2) is 20.2 Å². The molecule has 280 valence electrons. The third-order valence-electron chi connectivity index (χ3n) is 6.75. The highest BCUT2D eigenvalue weighted by Gasteiger charge is 2.48. The minimum Gasteiger partial charge on any atom is -0.743 e. The van der Waals surface area contributed by atoms with E-state index in [1.807, 2.05) is 30.3 Å². The highest BCUT2D eigenvalue weighted by atomic mass is 32.2. The van der Waals surface area contributed by atoms with Crippen molar-refractivity contribution in [3.63, 3.8) is 0 Å². The molecule has 48 heavy (non-hydrogen) atoms. The summed E-state index contributed by atoms with van der Waals surface area (Å²) in [7, 11) is -12.2. The second kappa shape index (κ2) is 21.5. The SMILES string of the molecule is C.O=S(=O)([O-])C(F)(F)C(F)COC(=S)NC1CCCCC1.O=S(=O)([O-])C(F)(F)C(F)COC(=S)NC1CCCCC1.[SH2+]c1ccccc1. The molecule has 2 unspecified atom stereocenters. The van der Waals surface area contributed by atoms with E-state index < -0.39 is 56.3 Å². The third-order valence-corrected chi connectivity index (χ3v) is 9.40. The average molecular weight is 796 g/mol. The Morgan fingerprint density at radius 1 is 0.750 bits per heavy atom. The topological polar surface area (TPSA) is 157 Å². The molecular formula is C27H41F6N2O8S5-. The molecule has 1 aromatic carbocycles. The molecule has 2 saturated carbocycles. The van der Waals surface area contributed by atoms with Gasteiger partial charge in [0.05, 0.1) is 0 Å². The molecule has 2 aliphatic rings. The first-order valence-corrected chi connectivity index (χ1v) is 18.4. The Hall–Kier alpha value is -1.65. The summed E-state index contributed by atoms with van der Waals surface area (Å²) in [6, 6.07) is 10.0. The maximum Gasteiger partial charge on any atom is 0.368 e. The van der Waals surface area contributed by atoms with Crippen LogP contribution in [-0.4, -0.2) is 84.4 Å². The van der Waals surface area contributed by atoms with E-state index in [1.165, 1.54) is 0 Å². The van der Waals surface area contributed by atoms with E-state index in [0.717, 1.165) is 69.1 Å². The van der Waals surface area contributed by atoms with Crippen molar-refractivity contribution >= 4 is 67.6 Å². The summed E-state index contributed by atoms with van der Waals surface area (Å²) in [6.07, 6.45) is 3.03. The van der Waals surface area contributed by atoms with Crippen molar-refractivity contribution in [3.05, 3.63) is 30.3 Å². The van der Waals surface area contributed by atoms with Crippen molar-refractivity contribution in [2.75, 3.05) is 13.2 Å². The van der Waals surface area contributed by atoms with Crippen molar-refractivity contribution in [2.45, 2.75) is 111 Å². The van der Waals surface area contributed by atoms with Crippen molar-refractivity contribution in [3.8, 4) is 0 Å². The molecule has 21 heteroatoms. The van der Waals surface area contributed by atoms with Crippen molar-refractivity contribution in [1.82, 2.24) is 10.6 Å². The number of nitrogens with one attached hydrogen (secondary N) is 2. The fourth-order valence-electron chi connectivity index (χ4n) is 4.15. The number of ether oxygens (including phenoxy) is 2. The predicted molar refractivity (Wildman–Crippen MR) is 178 cm³/mol. The molecule has 0 aliphatic heterocycles. The van der Waals surface area contributed by atoms with Crippen molar-refractivity contribution in [1.29, 1.82) is 0 Å². The van der Waals surface area contributed by atoms with Gasteiger partial charge in [-0.3, -0.25) is 0 Å². The van der Waals surface area contributed by atoms with Crippen LogP contribution in [0.1, 0.15) is 71.6 Å². The Balaban J connectivity index is 0.000000752. The molecule has 0 radical (unpaired) electrons. The zero-order valence-corrected chi connectivity index (χ0v) is 29.1. The van der Waals surface area contributed by atoms with Gasteiger partial charge in [-0.2, -0.15) is 17.6 Å². The Labute approximate surface area is 294 Å². The van der Waals surface area contributed by atoms with Crippen LogP contribution in [0, 0.1) is 0 Å². The molecule has 2 fully saturated rings. The van der Waals surface area contributed by atoms with Gasteiger partial charge in [-0.25, -0.2) is 25.6 Å². The van der Waals surface area contributed by atoms with Crippen LogP contribution in [0.4, 0.5) is 26.3 Å². The lowest BCUT2D eigenvalue weighted by Crippen LogP contribution is -2.43. The summed E-state index contributed by atoms with van der Waals surface area (Å²) in [5.74, 6) is 0. The molecular weight excluding hydrogens is 755 g/mol. The Morgan fingerprint density at radius 3 is 1.31 bits per heavy atom. The largest absolute Gasteiger partial charge is 0.743 e. The normalized spacial score (nSPS) is 17.4. The Kier molecular flexibility index (Phi) is 20.8. The summed E-state index contributed by atoms with van der Waals surface area (Å²) in [6.45, 7) is -2.60. The number of rotatable bonds is 10. The fourth-order valence-corrected chi connectivity index (χ4v) is 5.58. The number of thiocarbonyl (C=S) groups is 2. The van der Waals surface area contributed by atoms with Gasteiger partial charge < -0.3 is 29.2 Å². The van der Waals surface area contributed by atoms with Crippen molar-refractivity contribution < 1.29 is 61.8 Å². The highest BCUT2D eigenvalue weighted by molar-refractivity contribution is 7.87. The van der Waals surface area contributed by atoms with E-state index in [-0.39, 0.29) is 29.9 Å². The van der Waals surface area contributed by atoms with E-state index >= 15 is 0 Å². The molecule has 0 bridgehead atoms. The molecule has 0 heterocycles. The number of hydrogen-bond donors (Lipinski definition) is 2. The van der Waals surface area contributed by atoms with E-state index in [9.17, 15) is 52.3 Å². The summed E-state index contributed by atoms with van der Waals surface area (Å²) >= 11 is 12.8. The van der Waals surface area contributed by atoms with Gasteiger partial charge in [0.25, 0.3) is 10.3 Å². The number of halogens is 6. The molecule has 0 aromatic heterocycles. The zero-order valence-electron chi connectivity index (χ0n) is 24.8. The average Bonchev–Trinajstić information content (AvgIpc) is 2.99. The summed E-state index contributed by atoms with van der Waals surface area (Å²) in [5.41, 5.74) is 0. The minimum atomic E-state index is -6.08. The molecule has 1 aromatic rings. The van der Waals surface area contributed by atoms with E-state index in [4.69, 9.17) is 24.4 Å². The molecule has 0 amide bonds. The first-order valence-electron chi connectivity index (χ1n) is 14.3. The quantitative estimate of drug-likeness (QED) is 0.141. The van der Waals surface area contributed by atoms with Gasteiger partial charge in [0.2, 0.25) is 12.3 Å². The van der Waals surface area contributed by atoms with Crippen LogP contribution in [0.2, 0.25) is 0 Å². The van der Waals surface area contributed by atoms with Crippen LogP contribution in [0.3, 0.4) is 0 Å². The Morgan fingerprint density at radius 2 is 1.06 bits per heavy atom. The van der Waals surface area contributed by atoms with Gasteiger partial charge in [0, 0.05) is 12.1 Å². The van der Waals surface area contributed by atoms with Crippen LogP contribution in [-0.2, 0) is 42.3 Å². The predicted octanol–water partition coefficient (Wildman–Crippen LogP) is 5.07. The first-order chi connectivity index (χ1) is 21.7. The van der Waals surface area contributed by atoms with Crippen LogP contribution in [0.5, 0.6) is 0 Å². The fraction of sp³-hybridized carbons (Fsp3) is 0.704. The van der Waals surface area contributed by atoms with Gasteiger partial charge in [-0.15, -0.1) is 0 Å². The van der Waals surface area contributed by atoms with Crippen LogP contribution >= 0.6 is 24.4 Å². The number of hydrogen-bond acceptors (Lipinski definition) is 10. The number of alkyl halides is 6. The van der Waals surface area contributed by atoms with Crippen LogP contribution in [0.25, 0.3) is 0 Å². The van der Waals surface area contributed by atoms with E-state index in [0.29, 0.717) is 0 Å². The second-order valence-corrected chi connectivity index (χ2v) is 14.7.